The summed E-state index contributed by atoms with van der Waals surface area (Å²) in [6.45, 7) is 2.46. The molecule has 0 unspecified atom stereocenters. The molecular weight excluding hydrogens is 516 g/mol. The molecule has 4 atom stereocenters. The Morgan fingerprint density at radius 1 is 1.11 bits per heavy atom. The number of amides is 2. The number of rotatable bonds is 8. The summed E-state index contributed by atoms with van der Waals surface area (Å²) in [7, 11) is 0. The highest BCUT2D eigenvalue weighted by Gasteiger charge is 2.59. The third-order valence-corrected chi connectivity index (χ3v) is 7.27. The zero-order valence-electron chi connectivity index (χ0n) is 18.9. The zero-order chi connectivity index (χ0) is 24.7. The molecule has 180 valence electrons. The van der Waals surface area contributed by atoms with Gasteiger partial charge in [-0.3, -0.25) is 9.59 Å². The van der Waals surface area contributed by atoms with Gasteiger partial charge in [0.1, 0.15) is 6.61 Å². The molecule has 0 radical (unpaired) electrons. The molecule has 1 N–H and O–H groups in total. The summed E-state index contributed by atoms with van der Waals surface area (Å²) in [5.74, 6) is -0.797. The molecule has 1 heterocycles. The Balaban J connectivity index is 1.32. The first-order valence-corrected chi connectivity index (χ1v) is 12.2. The van der Waals surface area contributed by atoms with Crippen molar-refractivity contribution in [2.75, 3.05) is 6.61 Å². The summed E-state index contributed by atoms with van der Waals surface area (Å²) < 4.78 is 12.3. The number of halogens is 1. The third-order valence-electron chi connectivity index (χ3n) is 6.69. The molecule has 2 bridgehead atoms. The van der Waals surface area contributed by atoms with Crippen molar-refractivity contribution >= 4 is 39.9 Å². The van der Waals surface area contributed by atoms with E-state index in [1.54, 1.807) is 24.3 Å². The number of carboxylic acid groups (broad SMARTS) is 1. The third kappa shape index (κ3) is 4.25. The lowest BCUT2D eigenvalue weighted by Gasteiger charge is -2.15. The van der Waals surface area contributed by atoms with Crippen LogP contribution in [0.15, 0.2) is 58.1 Å². The molecule has 9 heteroatoms. The van der Waals surface area contributed by atoms with Crippen molar-refractivity contribution in [3.05, 3.63) is 69.7 Å². The van der Waals surface area contributed by atoms with Gasteiger partial charge in [0.2, 0.25) is 0 Å². The largest absolute Gasteiger partial charge is 0.490 e. The van der Waals surface area contributed by atoms with Crippen LogP contribution in [0.2, 0.25) is 0 Å². The number of ether oxygens (including phenoxy) is 2. The summed E-state index contributed by atoms with van der Waals surface area (Å²) in [6, 6.07) is 9.94. The van der Waals surface area contributed by atoms with E-state index >= 15 is 0 Å². The number of carbonyl (C=O) groups is 3. The monoisotopic (exact) mass is 538 g/mol. The lowest BCUT2D eigenvalue weighted by Crippen LogP contribution is -2.28. The molecule has 0 aromatic heterocycles. The maximum absolute atomic E-state index is 12.8. The van der Waals surface area contributed by atoms with E-state index < -0.39 is 5.97 Å². The maximum Gasteiger partial charge on any atom is 0.335 e. The first-order valence-electron chi connectivity index (χ1n) is 11.4. The molecule has 3 aliphatic rings. The van der Waals surface area contributed by atoms with Gasteiger partial charge in [-0.15, -0.1) is 0 Å². The Morgan fingerprint density at radius 3 is 2.37 bits per heavy atom. The van der Waals surface area contributed by atoms with Crippen molar-refractivity contribution in [1.82, 2.24) is 5.01 Å². The Labute approximate surface area is 210 Å². The molecule has 35 heavy (non-hydrogen) atoms. The highest BCUT2D eigenvalue weighted by Crippen LogP contribution is 2.52. The van der Waals surface area contributed by atoms with Gasteiger partial charge in [-0.25, -0.2) is 4.79 Å². The lowest BCUT2D eigenvalue weighted by molar-refractivity contribution is -0.140. The van der Waals surface area contributed by atoms with E-state index in [0.717, 1.165) is 17.0 Å². The maximum atomic E-state index is 12.8. The normalized spacial score (nSPS) is 24.5. The summed E-state index contributed by atoms with van der Waals surface area (Å²) >= 11 is 3.51. The van der Waals surface area contributed by atoms with E-state index in [2.05, 4.69) is 33.2 Å². The van der Waals surface area contributed by atoms with Crippen LogP contribution in [0.3, 0.4) is 0 Å². The Hall–Kier alpha value is -3.46. The van der Waals surface area contributed by atoms with Gasteiger partial charge in [-0.2, -0.15) is 10.1 Å². The lowest BCUT2D eigenvalue weighted by atomic mass is 9.85. The second-order valence-electron chi connectivity index (χ2n) is 8.79. The van der Waals surface area contributed by atoms with E-state index in [9.17, 15) is 14.4 Å². The van der Waals surface area contributed by atoms with Crippen LogP contribution in [0.25, 0.3) is 0 Å². The van der Waals surface area contributed by atoms with Crippen LogP contribution in [0.4, 0.5) is 0 Å². The van der Waals surface area contributed by atoms with Crippen LogP contribution < -0.4 is 9.47 Å². The van der Waals surface area contributed by atoms with Gasteiger partial charge in [0.25, 0.3) is 11.8 Å². The summed E-state index contributed by atoms with van der Waals surface area (Å²) in [5, 5.41) is 14.3. The van der Waals surface area contributed by atoms with Gasteiger partial charge in [0.05, 0.1) is 34.7 Å². The summed E-state index contributed by atoms with van der Waals surface area (Å²) in [5.41, 5.74) is 1.64. The molecule has 1 saturated heterocycles. The molecule has 1 saturated carbocycles. The first kappa shape index (κ1) is 23.3. The van der Waals surface area contributed by atoms with E-state index in [0.29, 0.717) is 28.1 Å². The smallest absolute Gasteiger partial charge is 0.335 e. The molecule has 2 amide bonds. The van der Waals surface area contributed by atoms with E-state index in [1.807, 2.05) is 6.92 Å². The molecule has 8 nitrogen and oxygen atoms in total. The Kier molecular flexibility index (Phi) is 6.19. The molecule has 5 rings (SSSR count). The molecule has 0 spiro atoms. The zero-order valence-corrected chi connectivity index (χ0v) is 20.5. The standard InChI is InChI=1S/C26H23BrN2O6/c1-2-34-20-10-15(9-19(27)23(20)35-13-14-3-5-16(6-4-14)26(32)33)12-28-29-24(30)21-17-7-8-18(11-17)22(21)25(29)31/h3-10,12,17-18,21-22H,2,11,13H2,1H3,(H,32,33)/t17-,18-,21-,22+/m0/s1. The van der Waals surface area contributed by atoms with E-state index in [-0.39, 0.29) is 47.7 Å². The molecule has 1 aliphatic heterocycles. The van der Waals surface area contributed by atoms with Gasteiger partial charge in [0.15, 0.2) is 11.5 Å². The van der Waals surface area contributed by atoms with Gasteiger partial charge in [-0.1, -0.05) is 24.3 Å². The molecule has 2 fully saturated rings. The highest BCUT2D eigenvalue weighted by molar-refractivity contribution is 9.10. The minimum absolute atomic E-state index is 0.136. The first-order chi connectivity index (χ1) is 16.9. The van der Waals surface area contributed by atoms with Crippen molar-refractivity contribution in [2.45, 2.75) is 20.0 Å². The molecular formula is C26H23BrN2O6. The number of nitrogens with zero attached hydrogens (tertiary/aromatic N) is 2. The molecule has 2 aromatic carbocycles. The number of hydrogen-bond acceptors (Lipinski definition) is 6. The SMILES string of the molecule is CCOc1cc(C=NN2C(=O)[C@@H]3[C@H](C2=O)[C@H]2C=C[C@H]3C2)cc(Br)c1OCc1ccc(C(=O)O)cc1. The van der Waals surface area contributed by atoms with Crippen LogP contribution in [-0.2, 0) is 16.2 Å². The van der Waals surface area contributed by atoms with Crippen LogP contribution in [0.1, 0.15) is 34.8 Å². The predicted molar refractivity (Wildman–Crippen MR) is 130 cm³/mol. The van der Waals surface area contributed by atoms with Crippen molar-refractivity contribution in [1.29, 1.82) is 0 Å². The number of imide groups is 1. The minimum Gasteiger partial charge on any atom is -0.490 e. The molecule has 2 aliphatic carbocycles. The van der Waals surface area contributed by atoms with Gasteiger partial charge in [-0.05, 0) is 76.5 Å². The van der Waals surface area contributed by atoms with Gasteiger partial charge < -0.3 is 14.6 Å². The van der Waals surface area contributed by atoms with Crippen molar-refractivity contribution in [2.24, 2.45) is 28.8 Å². The Morgan fingerprint density at radius 2 is 1.77 bits per heavy atom. The fourth-order valence-electron chi connectivity index (χ4n) is 5.09. The number of aromatic carboxylic acids is 1. The topological polar surface area (TPSA) is 106 Å². The van der Waals surface area contributed by atoms with Gasteiger partial charge in [0, 0.05) is 0 Å². The number of carbonyl (C=O) groups excluding carboxylic acids is 2. The van der Waals surface area contributed by atoms with E-state index in [1.165, 1.54) is 18.3 Å². The fraction of sp³-hybridized carbons (Fsp3) is 0.308. The number of hydrogen-bond donors (Lipinski definition) is 1. The number of hydrazone groups is 1. The average Bonchev–Trinajstić information content (AvgIpc) is 3.52. The number of carboxylic acids is 1. The quantitative estimate of drug-likeness (QED) is 0.305. The highest BCUT2D eigenvalue weighted by atomic mass is 79.9. The Bertz CT molecular complexity index is 1230. The van der Waals surface area contributed by atoms with Crippen molar-refractivity contribution in [3.8, 4) is 11.5 Å². The van der Waals surface area contributed by atoms with Crippen LogP contribution in [-0.4, -0.2) is 40.7 Å². The van der Waals surface area contributed by atoms with Crippen LogP contribution >= 0.6 is 15.9 Å². The van der Waals surface area contributed by atoms with Crippen molar-refractivity contribution in [3.63, 3.8) is 0 Å². The van der Waals surface area contributed by atoms with Gasteiger partial charge >= 0.3 is 5.97 Å². The second kappa shape index (κ2) is 9.30. The van der Waals surface area contributed by atoms with Crippen LogP contribution in [0.5, 0.6) is 11.5 Å². The van der Waals surface area contributed by atoms with Crippen LogP contribution in [0, 0.1) is 23.7 Å². The minimum atomic E-state index is -0.986. The number of allylic oxidation sites excluding steroid dienone is 2. The fourth-order valence-corrected chi connectivity index (χ4v) is 5.66. The number of fused-ring (bicyclic) bond motifs is 5. The van der Waals surface area contributed by atoms with E-state index in [4.69, 9.17) is 14.6 Å². The number of benzene rings is 2. The summed E-state index contributed by atoms with van der Waals surface area (Å²) in [6.07, 6.45) is 6.46. The summed E-state index contributed by atoms with van der Waals surface area (Å²) in [4.78, 5) is 36.7. The average molecular weight is 539 g/mol. The predicted octanol–water partition coefficient (Wildman–Crippen LogP) is 4.27. The second-order valence-corrected chi connectivity index (χ2v) is 9.64. The van der Waals surface area contributed by atoms with Crippen molar-refractivity contribution < 1.29 is 29.0 Å². The molecule has 2 aromatic rings.